The van der Waals surface area contributed by atoms with Gasteiger partial charge in [0, 0.05) is 17.5 Å². The highest BCUT2D eigenvalue weighted by molar-refractivity contribution is 5.95. The Bertz CT molecular complexity index is 1370. The number of rotatable bonds is 4. The third kappa shape index (κ3) is 4.00. The molecule has 2 aromatic carbocycles. The second kappa shape index (κ2) is 8.32. The quantitative estimate of drug-likeness (QED) is 0.487. The smallest absolute Gasteiger partial charge is 0.292 e. The number of hydrogen-bond acceptors (Lipinski definition) is 6. The van der Waals surface area contributed by atoms with Crippen molar-refractivity contribution in [1.82, 2.24) is 30.6 Å². The van der Waals surface area contributed by atoms with Crippen LogP contribution in [0.4, 0.5) is 19.0 Å². The van der Waals surface area contributed by atoms with E-state index in [4.69, 9.17) is 0 Å². The Kier molecular flexibility index (Phi) is 5.31. The van der Waals surface area contributed by atoms with Gasteiger partial charge in [0.2, 0.25) is 11.7 Å². The summed E-state index contributed by atoms with van der Waals surface area (Å²) in [5.41, 5.74) is 2.19. The third-order valence-electron chi connectivity index (χ3n) is 5.60. The Morgan fingerprint density at radius 3 is 2.56 bits per heavy atom. The molecule has 0 spiro atoms. The highest BCUT2D eigenvalue weighted by atomic mass is 19.4. The number of tetrazole rings is 1. The van der Waals surface area contributed by atoms with Gasteiger partial charge in [0.05, 0.1) is 6.54 Å². The molecule has 172 valence electrons. The molecular formula is C23H18F3N7O. The lowest BCUT2D eigenvalue weighted by Crippen LogP contribution is -2.37. The number of hydrogen-bond donors (Lipinski definition) is 1. The lowest BCUT2D eigenvalue weighted by atomic mass is 9.97. The summed E-state index contributed by atoms with van der Waals surface area (Å²) in [6.07, 6.45) is -4.70. The van der Waals surface area contributed by atoms with Crippen LogP contribution in [-0.4, -0.2) is 36.5 Å². The van der Waals surface area contributed by atoms with Crippen LogP contribution in [0.5, 0.6) is 0 Å². The first-order valence-electron chi connectivity index (χ1n) is 10.5. The fourth-order valence-corrected chi connectivity index (χ4v) is 4.14. The van der Waals surface area contributed by atoms with Gasteiger partial charge in [-0.1, -0.05) is 42.5 Å². The maximum Gasteiger partial charge on any atom is 0.433 e. The molecule has 3 heterocycles. The number of carbonyl (C=O) groups excluding carboxylic acids is 1. The molecule has 0 atom stereocenters. The highest BCUT2D eigenvalue weighted by Gasteiger charge is 2.40. The lowest BCUT2D eigenvalue weighted by Gasteiger charge is -2.30. The number of aromatic amines is 1. The van der Waals surface area contributed by atoms with Crippen molar-refractivity contribution in [3.63, 3.8) is 0 Å². The van der Waals surface area contributed by atoms with Crippen LogP contribution in [-0.2, 0) is 23.9 Å². The number of carbonyl (C=O) groups is 1. The van der Waals surface area contributed by atoms with Gasteiger partial charge in [-0.2, -0.15) is 18.4 Å². The van der Waals surface area contributed by atoms with Gasteiger partial charge in [-0.15, -0.1) is 10.2 Å². The molecule has 0 unspecified atom stereocenters. The standard InChI is InChI=1S/C23H18F3N7O/c1-13-27-20(23(24,25)26)18-9-10-19(34)33(22(18)28-13)12-14-5-4-6-15(11-14)16-7-2-3-8-17(16)21-29-31-32-30-21/h2-8,11H,9-10,12H2,1H3,(H,29,30,31,32). The number of anilines is 1. The van der Waals surface area contributed by atoms with E-state index >= 15 is 0 Å². The predicted octanol–water partition coefficient (Wildman–Crippen LogP) is 4.13. The average molecular weight is 465 g/mol. The molecule has 0 saturated heterocycles. The number of halogens is 3. The maximum absolute atomic E-state index is 13.6. The molecule has 0 bridgehead atoms. The largest absolute Gasteiger partial charge is 0.433 e. The van der Waals surface area contributed by atoms with Crippen molar-refractivity contribution >= 4 is 11.7 Å². The highest BCUT2D eigenvalue weighted by Crippen LogP contribution is 2.38. The Labute approximate surface area is 191 Å². The summed E-state index contributed by atoms with van der Waals surface area (Å²) in [6, 6.07) is 15.0. The Morgan fingerprint density at radius 2 is 1.82 bits per heavy atom. The van der Waals surface area contributed by atoms with E-state index in [1.54, 1.807) is 0 Å². The SMILES string of the molecule is Cc1nc2c(c(C(F)(F)F)n1)CCC(=O)N2Cc1cccc(-c2ccccc2-c2nn[nH]n2)c1. The van der Waals surface area contributed by atoms with E-state index in [0.29, 0.717) is 5.82 Å². The Balaban J connectivity index is 1.53. The van der Waals surface area contributed by atoms with Crippen LogP contribution in [0.3, 0.4) is 0 Å². The van der Waals surface area contributed by atoms with E-state index in [1.807, 2.05) is 48.5 Å². The van der Waals surface area contributed by atoms with Crippen molar-refractivity contribution in [3.05, 3.63) is 71.2 Å². The number of amides is 1. The summed E-state index contributed by atoms with van der Waals surface area (Å²) >= 11 is 0. The van der Waals surface area contributed by atoms with Gasteiger partial charge in [-0.05, 0) is 41.3 Å². The van der Waals surface area contributed by atoms with Crippen LogP contribution in [0.2, 0.25) is 0 Å². The maximum atomic E-state index is 13.6. The molecule has 1 aliphatic heterocycles. The summed E-state index contributed by atoms with van der Waals surface area (Å²) in [7, 11) is 0. The molecule has 34 heavy (non-hydrogen) atoms. The zero-order valence-electron chi connectivity index (χ0n) is 18.0. The molecule has 11 heteroatoms. The minimum atomic E-state index is -4.62. The van der Waals surface area contributed by atoms with E-state index in [2.05, 4.69) is 30.6 Å². The van der Waals surface area contributed by atoms with Gasteiger partial charge in [0.1, 0.15) is 11.6 Å². The number of fused-ring (bicyclic) bond motifs is 1. The molecule has 0 fully saturated rings. The summed E-state index contributed by atoms with van der Waals surface area (Å²) in [5.74, 6) is 0.145. The molecule has 0 aliphatic carbocycles. The number of nitrogens with one attached hydrogen (secondary N) is 1. The van der Waals surface area contributed by atoms with Crippen molar-refractivity contribution in [2.75, 3.05) is 4.90 Å². The normalized spacial score (nSPS) is 13.8. The first kappa shape index (κ1) is 21.7. The number of benzene rings is 2. The first-order chi connectivity index (χ1) is 16.3. The van der Waals surface area contributed by atoms with Crippen molar-refractivity contribution < 1.29 is 18.0 Å². The molecule has 0 saturated carbocycles. The monoisotopic (exact) mass is 465 g/mol. The van der Waals surface area contributed by atoms with Crippen LogP contribution in [0, 0.1) is 6.92 Å². The number of nitrogens with zero attached hydrogens (tertiary/aromatic N) is 6. The molecular weight excluding hydrogens is 447 g/mol. The van der Waals surface area contributed by atoms with Crippen molar-refractivity contribution in [2.45, 2.75) is 32.5 Å². The second-order valence-corrected chi connectivity index (χ2v) is 7.88. The molecule has 8 nitrogen and oxygen atoms in total. The zero-order chi connectivity index (χ0) is 23.9. The molecule has 1 N–H and O–H groups in total. The number of aryl methyl sites for hydroxylation is 1. The summed E-state index contributed by atoms with van der Waals surface area (Å²) < 4.78 is 40.8. The van der Waals surface area contributed by atoms with Crippen LogP contribution in [0.1, 0.15) is 29.1 Å². The van der Waals surface area contributed by atoms with E-state index in [9.17, 15) is 18.0 Å². The van der Waals surface area contributed by atoms with Gasteiger partial charge in [0.25, 0.3) is 0 Å². The van der Waals surface area contributed by atoms with Gasteiger partial charge >= 0.3 is 6.18 Å². The minimum Gasteiger partial charge on any atom is -0.292 e. The fraction of sp³-hybridized carbons (Fsp3) is 0.217. The van der Waals surface area contributed by atoms with Gasteiger partial charge < -0.3 is 0 Å². The van der Waals surface area contributed by atoms with Crippen molar-refractivity contribution in [2.24, 2.45) is 0 Å². The van der Waals surface area contributed by atoms with E-state index < -0.39 is 11.9 Å². The van der Waals surface area contributed by atoms with Gasteiger partial charge in [-0.3, -0.25) is 9.69 Å². The summed E-state index contributed by atoms with van der Waals surface area (Å²) in [5, 5.41) is 14.2. The number of H-pyrrole nitrogens is 1. The van der Waals surface area contributed by atoms with Gasteiger partial charge in [0.15, 0.2) is 5.69 Å². The van der Waals surface area contributed by atoms with Crippen LogP contribution in [0.15, 0.2) is 48.5 Å². The average Bonchev–Trinajstić information content (AvgIpc) is 3.35. The number of alkyl halides is 3. The minimum absolute atomic E-state index is 0.0219. The molecule has 0 radical (unpaired) electrons. The van der Waals surface area contributed by atoms with Gasteiger partial charge in [-0.25, -0.2) is 9.97 Å². The van der Waals surface area contributed by atoms with E-state index in [-0.39, 0.29) is 42.5 Å². The Hall–Kier alpha value is -4.15. The number of aromatic nitrogens is 6. The topological polar surface area (TPSA) is 101 Å². The molecule has 2 aromatic heterocycles. The zero-order valence-corrected chi connectivity index (χ0v) is 18.0. The predicted molar refractivity (Wildman–Crippen MR) is 116 cm³/mol. The Morgan fingerprint density at radius 1 is 1.03 bits per heavy atom. The van der Waals surface area contributed by atoms with E-state index in [1.165, 1.54) is 11.8 Å². The van der Waals surface area contributed by atoms with Crippen LogP contribution >= 0.6 is 0 Å². The van der Waals surface area contributed by atoms with Crippen LogP contribution in [0.25, 0.3) is 22.5 Å². The lowest BCUT2D eigenvalue weighted by molar-refractivity contribution is -0.142. The molecule has 1 aliphatic rings. The fourth-order valence-electron chi connectivity index (χ4n) is 4.14. The summed E-state index contributed by atoms with van der Waals surface area (Å²) in [6.45, 7) is 1.47. The molecule has 4 aromatic rings. The van der Waals surface area contributed by atoms with Crippen molar-refractivity contribution in [3.8, 4) is 22.5 Å². The first-order valence-corrected chi connectivity index (χ1v) is 10.5. The molecule has 5 rings (SSSR count). The summed E-state index contributed by atoms with van der Waals surface area (Å²) in [4.78, 5) is 21.9. The van der Waals surface area contributed by atoms with Crippen molar-refractivity contribution in [1.29, 1.82) is 0 Å². The second-order valence-electron chi connectivity index (χ2n) is 7.88. The van der Waals surface area contributed by atoms with Crippen LogP contribution < -0.4 is 4.90 Å². The van der Waals surface area contributed by atoms with E-state index in [0.717, 1.165) is 22.3 Å². The third-order valence-corrected chi connectivity index (χ3v) is 5.60. The molecule has 1 amide bonds.